The Hall–Kier alpha value is -3.44. The molecule has 180 valence electrons. The van der Waals surface area contributed by atoms with Crippen LogP contribution in [0.5, 0.6) is 0 Å². The van der Waals surface area contributed by atoms with Crippen molar-refractivity contribution in [1.29, 1.82) is 0 Å². The number of carbonyl (C=O) groups excluding carboxylic acids is 2. The topological polar surface area (TPSA) is 143 Å². The number of hydrogen-bond acceptors (Lipinski definition) is 7. The lowest BCUT2D eigenvalue weighted by Crippen LogP contribution is -2.33. The Bertz CT molecular complexity index is 1180. The Morgan fingerprint density at radius 2 is 2.00 bits per heavy atom. The molecule has 1 saturated carbocycles. The summed E-state index contributed by atoms with van der Waals surface area (Å²) in [6.45, 7) is 4.85. The van der Waals surface area contributed by atoms with E-state index in [0.29, 0.717) is 41.9 Å². The van der Waals surface area contributed by atoms with Gasteiger partial charge in [0.25, 0.3) is 5.91 Å². The third-order valence-electron chi connectivity index (χ3n) is 6.11. The summed E-state index contributed by atoms with van der Waals surface area (Å²) in [4.78, 5) is 24.9. The van der Waals surface area contributed by atoms with Crippen molar-refractivity contribution in [2.24, 2.45) is 0 Å². The molecule has 0 spiro atoms. The quantitative estimate of drug-likeness (QED) is 0.434. The van der Waals surface area contributed by atoms with Gasteiger partial charge >= 0.3 is 6.09 Å². The first-order chi connectivity index (χ1) is 16.5. The first-order valence-electron chi connectivity index (χ1n) is 11.5. The summed E-state index contributed by atoms with van der Waals surface area (Å²) in [5.41, 5.74) is 2.90. The Kier molecular flexibility index (Phi) is 6.20. The molecule has 2 atom stereocenters. The molecule has 1 aromatic carbocycles. The molecule has 0 bridgehead atoms. The normalized spacial score (nSPS) is 20.8. The number of fused-ring (bicyclic) bond motifs is 1. The molecule has 2 fully saturated rings. The Balaban J connectivity index is 1.24. The molecule has 1 saturated heterocycles. The van der Waals surface area contributed by atoms with Crippen LogP contribution < -0.4 is 10.6 Å². The number of nitrogens with zero attached hydrogens (tertiary/aromatic N) is 2. The van der Waals surface area contributed by atoms with Crippen molar-refractivity contribution >= 4 is 28.7 Å². The summed E-state index contributed by atoms with van der Waals surface area (Å²) >= 11 is 0. The van der Waals surface area contributed by atoms with Gasteiger partial charge in [-0.25, -0.2) is 4.79 Å². The Morgan fingerprint density at radius 1 is 1.18 bits per heavy atom. The molecule has 2 aliphatic rings. The van der Waals surface area contributed by atoms with E-state index in [1.807, 2.05) is 26.0 Å². The van der Waals surface area contributed by atoms with Crippen LogP contribution >= 0.6 is 0 Å². The molecule has 3 heterocycles. The van der Waals surface area contributed by atoms with Gasteiger partial charge in [-0.05, 0) is 39.2 Å². The average Bonchev–Trinajstić information content (AvgIpc) is 3.59. The van der Waals surface area contributed by atoms with E-state index in [0.717, 1.165) is 24.1 Å². The van der Waals surface area contributed by atoms with Crippen LogP contribution in [0.15, 0.2) is 24.4 Å². The zero-order chi connectivity index (χ0) is 23.7. The van der Waals surface area contributed by atoms with Gasteiger partial charge in [-0.3, -0.25) is 15.0 Å². The largest absolute Gasteiger partial charge is 0.446 e. The first-order valence-corrected chi connectivity index (χ1v) is 11.5. The molecule has 4 N–H and O–H groups in total. The molecular formula is C23H28N6O5. The second kappa shape index (κ2) is 9.43. The highest BCUT2D eigenvalue weighted by molar-refractivity contribution is 6.12. The van der Waals surface area contributed by atoms with Crippen LogP contribution in [0.2, 0.25) is 0 Å². The second-order valence-electron chi connectivity index (χ2n) is 8.93. The van der Waals surface area contributed by atoms with Gasteiger partial charge in [-0.1, -0.05) is 6.07 Å². The number of aromatic amines is 2. The Labute approximate surface area is 195 Å². The van der Waals surface area contributed by atoms with Gasteiger partial charge in [-0.2, -0.15) is 10.2 Å². The fourth-order valence-electron chi connectivity index (χ4n) is 4.53. The number of amides is 2. The highest BCUT2D eigenvalue weighted by Crippen LogP contribution is 2.36. The minimum atomic E-state index is -0.468. The molecule has 11 heteroatoms. The number of alkyl carbamates (subject to hydrolysis) is 1. The number of rotatable bonds is 6. The van der Waals surface area contributed by atoms with E-state index in [1.54, 1.807) is 12.3 Å². The van der Waals surface area contributed by atoms with E-state index in [4.69, 9.17) is 14.2 Å². The van der Waals surface area contributed by atoms with E-state index >= 15 is 0 Å². The number of ether oxygens (including phenoxy) is 3. The predicted octanol–water partition coefficient (Wildman–Crippen LogP) is 3.35. The number of anilines is 1. The molecule has 5 rings (SSSR count). The number of carbonyl (C=O) groups is 2. The molecule has 0 radical (unpaired) electrons. The van der Waals surface area contributed by atoms with Gasteiger partial charge in [0.2, 0.25) is 0 Å². The maximum atomic E-state index is 13.0. The lowest BCUT2D eigenvalue weighted by Gasteiger charge is -2.14. The molecule has 11 nitrogen and oxygen atoms in total. The van der Waals surface area contributed by atoms with Crippen LogP contribution in [0.4, 0.5) is 10.6 Å². The average molecular weight is 469 g/mol. The summed E-state index contributed by atoms with van der Waals surface area (Å²) in [5, 5.41) is 20.6. The number of H-pyrrole nitrogens is 2. The van der Waals surface area contributed by atoms with Crippen LogP contribution in [0.3, 0.4) is 0 Å². The van der Waals surface area contributed by atoms with Crippen molar-refractivity contribution in [3.05, 3.63) is 41.2 Å². The zero-order valence-electron chi connectivity index (χ0n) is 19.1. The Morgan fingerprint density at radius 3 is 2.79 bits per heavy atom. The van der Waals surface area contributed by atoms with Crippen molar-refractivity contribution in [2.45, 2.75) is 57.5 Å². The van der Waals surface area contributed by atoms with Crippen LogP contribution in [0.25, 0.3) is 10.9 Å². The highest BCUT2D eigenvalue weighted by Gasteiger charge is 2.30. The van der Waals surface area contributed by atoms with E-state index in [-0.39, 0.29) is 30.1 Å². The van der Waals surface area contributed by atoms with E-state index in [9.17, 15) is 9.59 Å². The lowest BCUT2D eigenvalue weighted by molar-refractivity contribution is -0.0431. The van der Waals surface area contributed by atoms with E-state index in [1.165, 1.54) is 0 Å². The summed E-state index contributed by atoms with van der Waals surface area (Å²) in [6.07, 6.45) is 3.00. The van der Waals surface area contributed by atoms with E-state index in [2.05, 4.69) is 31.0 Å². The molecule has 2 aromatic heterocycles. The third kappa shape index (κ3) is 4.62. The zero-order valence-corrected chi connectivity index (χ0v) is 19.1. The van der Waals surface area contributed by atoms with Gasteiger partial charge in [0.1, 0.15) is 6.10 Å². The van der Waals surface area contributed by atoms with Gasteiger partial charge in [0.05, 0.1) is 30.5 Å². The van der Waals surface area contributed by atoms with Gasteiger partial charge in [0.15, 0.2) is 12.1 Å². The van der Waals surface area contributed by atoms with Crippen molar-refractivity contribution < 1.29 is 23.8 Å². The first kappa shape index (κ1) is 22.4. The minimum absolute atomic E-state index is 0.0346. The van der Waals surface area contributed by atoms with Crippen LogP contribution in [0, 0.1) is 0 Å². The predicted molar refractivity (Wildman–Crippen MR) is 122 cm³/mol. The van der Waals surface area contributed by atoms with Crippen LogP contribution in [0.1, 0.15) is 66.9 Å². The second-order valence-corrected chi connectivity index (χ2v) is 8.93. The molecule has 3 aromatic rings. The summed E-state index contributed by atoms with van der Waals surface area (Å²) < 4.78 is 16.7. The van der Waals surface area contributed by atoms with Gasteiger partial charge in [-0.15, -0.1) is 0 Å². The van der Waals surface area contributed by atoms with Crippen molar-refractivity contribution in [3.8, 4) is 0 Å². The molecule has 1 aliphatic carbocycles. The van der Waals surface area contributed by atoms with Gasteiger partial charge < -0.3 is 24.8 Å². The van der Waals surface area contributed by atoms with Crippen LogP contribution in [-0.4, -0.2) is 57.8 Å². The molecular weight excluding hydrogens is 440 g/mol. The fourth-order valence-corrected chi connectivity index (χ4v) is 4.53. The number of nitrogens with one attached hydrogen (secondary N) is 4. The maximum absolute atomic E-state index is 13.0. The minimum Gasteiger partial charge on any atom is -0.446 e. The highest BCUT2D eigenvalue weighted by atomic mass is 16.7. The van der Waals surface area contributed by atoms with Crippen molar-refractivity contribution in [3.63, 3.8) is 0 Å². The standard InChI is InChI=1S/C23H28N6O5/c1-12(2)25-23(31)34-14-4-3-13(9-14)18-10-19(28-27-18)26-21(30)15-5-6-16(22-32-7-8-33-22)20-17(15)11-24-29-20/h5-6,10-14,22H,3-4,7-9H2,1-2H3,(H,24,29)(H,25,31)(H2,26,27,28,30). The maximum Gasteiger partial charge on any atom is 0.407 e. The lowest BCUT2D eigenvalue weighted by atomic mass is 10.0. The number of benzene rings is 1. The number of hydrogen-bond donors (Lipinski definition) is 4. The third-order valence-corrected chi connectivity index (χ3v) is 6.11. The summed E-state index contributed by atoms with van der Waals surface area (Å²) in [6, 6.07) is 5.42. The SMILES string of the molecule is CC(C)NC(=O)OC1CCC(c2cc(NC(=O)c3ccc(C4OCCO4)c4[nH]ncc34)n[nH]2)C1. The van der Waals surface area contributed by atoms with Crippen LogP contribution in [-0.2, 0) is 14.2 Å². The van der Waals surface area contributed by atoms with Crippen molar-refractivity contribution in [2.75, 3.05) is 18.5 Å². The van der Waals surface area contributed by atoms with Crippen molar-refractivity contribution in [1.82, 2.24) is 25.7 Å². The summed E-state index contributed by atoms with van der Waals surface area (Å²) in [7, 11) is 0. The van der Waals surface area contributed by atoms with Gasteiger partial charge in [0, 0.05) is 34.7 Å². The van der Waals surface area contributed by atoms with E-state index < -0.39 is 6.29 Å². The molecule has 34 heavy (non-hydrogen) atoms. The smallest absolute Gasteiger partial charge is 0.407 e. The monoisotopic (exact) mass is 468 g/mol. The molecule has 1 aliphatic heterocycles. The fraction of sp³-hybridized carbons (Fsp3) is 0.478. The summed E-state index contributed by atoms with van der Waals surface area (Å²) in [5.74, 6) is 0.327. The molecule has 2 unspecified atom stereocenters. The number of aromatic nitrogens is 4. The molecule has 2 amide bonds.